The van der Waals surface area contributed by atoms with E-state index in [2.05, 4.69) is 12.2 Å². The SMILES string of the molecule is CCCCOc1ccccc1C(=O)Nc1ccccc1C(=O)N(C)Cc1ccccc1. The number of nitrogens with one attached hydrogen (secondary N) is 1. The Morgan fingerprint density at radius 1 is 0.871 bits per heavy atom. The number of carbonyl (C=O) groups is 2. The molecule has 0 spiro atoms. The third-order valence-corrected chi connectivity index (χ3v) is 4.90. The number of benzene rings is 3. The summed E-state index contributed by atoms with van der Waals surface area (Å²) in [7, 11) is 1.75. The largest absolute Gasteiger partial charge is 0.493 e. The highest BCUT2D eigenvalue weighted by molar-refractivity contribution is 6.10. The van der Waals surface area contributed by atoms with Gasteiger partial charge in [-0.1, -0.05) is 67.9 Å². The van der Waals surface area contributed by atoms with Crippen LogP contribution < -0.4 is 10.1 Å². The second kappa shape index (κ2) is 11.0. The van der Waals surface area contributed by atoms with Crippen molar-refractivity contribution in [3.05, 3.63) is 95.6 Å². The standard InChI is InChI=1S/C26H28N2O3/c1-3-4-18-31-24-17-11-9-15-22(24)25(29)27-23-16-10-8-14-21(23)26(30)28(2)19-20-12-6-5-7-13-20/h5-17H,3-4,18-19H2,1-2H3,(H,27,29). The van der Waals surface area contributed by atoms with Gasteiger partial charge in [-0.2, -0.15) is 0 Å². The number of unbranched alkanes of at least 4 members (excludes halogenated alkanes) is 1. The monoisotopic (exact) mass is 416 g/mol. The molecule has 0 unspecified atom stereocenters. The first-order valence-electron chi connectivity index (χ1n) is 10.5. The minimum absolute atomic E-state index is 0.160. The lowest BCUT2D eigenvalue weighted by atomic mass is 10.1. The van der Waals surface area contributed by atoms with E-state index in [1.165, 1.54) is 0 Å². The van der Waals surface area contributed by atoms with Crippen LogP contribution in [0.2, 0.25) is 0 Å². The number of amides is 2. The quantitative estimate of drug-likeness (QED) is 0.476. The molecule has 0 saturated carbocycles. The van der Waals surface area contributed by atoms with Crippen molar-refractivity contribution in [3.8, 4) is 5.75 Å². The third kappa shape index (κ3) is 5.95. The second-order valence-electron chi connectivity index (χ2n) is 7.34. The number of para-hydroxylation sites is 2. The van der Waals surface area contributed by atoms with Gasteiger partial charge < -0.3 is 15.0 Å². The predicted octanol–water partition coefficient (Wildman–Crippen LogP) is 5.39. The van der Waals surface area contributed by atoms with Gasteiger partial charge in [-0.3, -0.25) is 9.59 Å². The summed E-state index contributed by atoms with van der Waals surface area (Å²) < 4.78 is 5.78. The molecule has 0 saturated heterocycles. The summed E-state index contributed by atoms with van der Waals surface area (Å²) in [6.45, 7) is 3.13. The Morgan fingerprint density at radius 3 is 2.26 bits per heavy atom. The minimum atomic E-state index is -0.307. The number of nitrogens with zero attached hydrogens (tertiary/aromatic N) is 1. The van der Waals surface area contributed by atoms with Crippen LogP contribution in [0.4, 0.5) is 5.69 Å². The number of hydrogen-bond donors (Lipinski definition) is 1. The van der Waals surface area contributed by atoms with Gasteiger partial charge in [0.05, 0.1) is 23.4 Å². The Morgan fingerprint density at radius 2 is 1.52 bits per heavy atom. The summed E-state index contributed by atoms with van der Waals surface area (Å²) in [5.41, 5.74) is 2.40. The van der Waals surface area contributed by atoms with Crippen LogP contribution in [-0.4, -0.2) is 30.4 Å². The maximum atomic E-state index is 13.1. The van der Waals surface area contributed by atoms with E-state index in [9.17, 15) is 9.59 Å². The molecule has 2 amide bonds. The third-order valence-electron chi connectivity index (χ3n) is 4.90. The molecule has 0 radical (unpaired) electrons. The van der Waals surface area contributed by atoms with Crippen molar-refractivity contribution in [2.75, 3.05) is 19.0 Å². The Labute approximate surface area is 183 Å². The van der Waals surface area contributed by atoms with Crippen LogP contribution in [0.15, 0.2) is 78.9 Å². The van der Waals surface area contributed by atoms with Crippen LogP contribution in [0.25, 0.3) is 0 Å². The molecule has 0 fully saturated rings. The van der Waals surface area contributed by atoms with Gasteiger partial charge >= 0.3 is 0 Å². The van der Waals surface area contributed by atoms with Crippen molar-refractivity contribution in [2.45, 2.75) is 26.3 Å². The minimum Gasteiger partial charge on any atom is -0.493 e. The lowest BCUT2D eigenvalue weighted by Crippen LogP contribution is -2.27. The number of carbonyl (C=O) groups excluding carboxylic acids is 2. The molecule has 3 aromatic rings. The molecule has 1 N–H and O–H groups in total. The van der Waals surface area contributed by atoms with Gasteiger partial charge in [0.25, 0.3) is 11.8 Å². The fourth-order valence-corrected chi connectivity index (χ4v) is 3.21. The summed E-state index contributed by atoms with van der Waals surface area (Å²) in [6, 6.07) is 24.0. The number of rotatable bonds is 9. The first-order valence-corrected chi connectivity index (χ1v) is 10.5. The van der Waals surface area contributed by atoms with Crippen LogP contribution in [0.5, 0.6) is 5.75 Å². The van der Waals surface area contributed by atoms with Gasteiger partial charge in [-0.05, 0) is 36.2 Å². The highest BCUT2D eigenvalue weighted by atomic mass is 16.5. The fraction of sp³-hybridized carbons (Fsp3) is 0.231. The number of hydrogen-bond acceptors (Lipinski definition) is 3. The zero-order valence-electron chi connectivity index (χ0n) is 18.0. The molecule has 0 bridgehead atoms. The van der Waals surface area contributed by atoms with Crippen LogP contribution in [0, 0.1) is 0 Å². The molecule has 3 aromatic carbocycles. The smallest absolute Gasteiger partial charge is 0.259 e. The van der Waals surface area contributed by atoms with E-state index in [4.69, 9.17) is 4.74 Å². The fourth-order valence-electron chi connectivity index (χ4n) is 3.21. The predicted molar refractivity (Wildman–Crippen MR) is 123 cm³/mol. The van der Waals surface area contributed by atoms with Crippen LogP contribution in [-0.2, 0) is 6.54 Å². The summed E-state index contributed by atoms with van der Waals surface area (Å²) in [4.78, 5) is 27.7. The Hall–Kier alpha value is -3.60. The average Bonchev–Trinajstić information content (AvgIpc) is 2.80. The molecular weight excluding hydrogens is 388 g/mol. The molecular formula is C26H28N2O3. The van der Waals surface area contributed by atoms with E-state index in [-0.39, 0.29) is 11.8 Å². The molecule has 0 aliphatic carbocycles. The second-order valence-corrected chi connectivity index (χ2v) is 7.34. The van der Waals surface area contributed by atoms with Gasteiger partial charge in [0.1, 0.15) is 5.75 Å². The lowest BCUT2D eigenvalue weighted by molar-refractivity contribution is 0.0786. The van der Waals surface area contributed by atoms with Crippen molar-refractivity contribution >= 4 is 17.5 Å². The maximum Gasteiger partial charge on any atom is 0.259 e. The topological polar surface area (TPSA) is 58.6 Å². The first kappa shape index (κ1) is 22.1. The van der Waals surface area contributed by atoms with E-state index in [0.717, 1.165) is 18.4 Å². The van der Waals surface area contributed by atoms with Crippen molar-refractivity contribution in [1.29, 1.82) is 0 Å². The van der Waals surface area contributed by atoms with Crippen LogP contribution in [0.1, 0.15) is 46.0 Å². The maximum absolute atomic E-state index is 13.1. The van der Waals surface area contributed by atoms with Crippen molar-refractivity contribution in [1.82, 2.24) is 4.90 Å². The molecule has 3 rings (SSSR count). The zero-order chi connectivity index (χ0) is 22.1. The Balaban J connectivity index is 1.76. The molecule has 31 heavy (non-hydrogen) atoms. The first-order chi connectivity index (χ1) is 15.1. The van der Waals surface area contributed by atoms with Gasteiger partial charge in [0, 0.05) is 13.6 Å². The van der Waals surface area contributed by atoms with E-state index >= 15 is 0 Å². The van der Waals surface area contributed by atoms with Gasteiger partial charge in [0.15, 0.2) is 0 Å². The normalized spacial score (nSPS) is 10.4. The zero-order valence-corrected chi connectivity index (χ0v) is 18.0. The molecule has 5 heteroatoms. The van der Waals surface area contributed by atoms with E-state index in [0.29, 0.717) is 35.7 Å². The highest BCUT2D eigenvalue weighted by Crippen LogP contribution is 2.23. The van der Waals surface area contributed by atoms with Gasteiger partial charge in [0.2, 0.25) is 0 Å². The van der Waals surface area contributed by atoms with Crippen LogP contribution in [0.3, 0.4) is 0 Å². The van der Waals surface area contributed by atoms with Crippen molar-refractivity contribution in [3.63, 3.8) is 0 Å². The van der Waals surface area contributed by atoms with Gasteiger partial charge in [-0.25, -0.2) is 0 Å². The molecule has 0 atom stereocenters. The summed E-state index contributed by atoms with van der Waals surface area (Å²) >= 11 is 0. The Kier molecular flexibility index (Phi) is 7.82. The van der Waals surface area contributed by atoms with Gasteiger partial charge in [-0.15, -0.1) is 0 Å². The summed E-state index contributed by atoms with van der Waals surface area (Å²) in [6.07, 6.45) is 1.93. The van der Waals surface area contributed by atoms with E-state index in [1.807, 2.05) is 36.4 Å². The van der Waals surface area contributed by atoms with Crippen molar-refractivity contribution in [2.24, 2.45) is 0 Å². The van der Waals surface area contributed by atoms with E-state index < -0.39 is 0 Å². The molecule has 0 aromatic heterocycles. The average molecular weight is 417 g/mol. The van der Waals surface area contributed by atoms with Crippen LogP contribution >= 0.6 is 0 Å². The molecule has 0 aliphatic heterocycles. The summed E-state index contributed by atoms with van der Waals surface area (Å²) in [5, 5.41) is 2.89. The molecule has 5 nitrogen and oxygen atoms in total. The Bertz CT molecular complexity index is 1020. The molecule has 0 aliphatic rings. The lowest BCUT2D eigenvalue weighted by Gasteiger charge is -2.19. The van der Waals surface area contributed by atoms with Crippen molar-refractivity contribution < 1.29 is 14.3 Å². The molecule has 0 heterocycles. The number of anilines is 1. The highest BCUT2D eigenvalue weighted by Gasteiger charge is 2.19. The number of ether oxygens (including phenoxy) is 1. The summed E-state index contributed by atoms with van der Waals surface area (Å²) in [5.74, 6) is 0.0729. The molecule has 160 valence electrons. The van der Waals surface area contributed by atoms with E-state index in [1.54, 1.807) is 54.4 Å².